The zero-order valence-electron chi connectivity index (χ0n) is 10.2. The first-order valence-electron chi connectivity index (χ1n) is 5.86. The Hall–Kier alpha value is -1.06. The van der Waals surface area contributed by atoms with Gasteiger partial charge in [-0.3, -0.25) is 4.79 Å². The number of nitrogens with two attached hydrogens (primary N) is 1. The van der Waals surface area contributed by atoms with Gasteiger partial charge in [-0.2, -0.15) is 0 Å². The summed E-state index contributed by atoms with van der Waals surface area (Å²) in [7, 11) is 0. The van der Waals surface area contributed by atoms with E-state index >= 15 is 0 Å². The molecule has 1 aromatic rings. The zero-order chi connectivity index (χ0) is 12.8. The Morgan fingerprint density at radius 1 is 1.47 bits per heavy atom. The molecule has 0 bridgehead atoms. The molecular weight excluding hydrogens is 236 g/mol. The maximum absolute atomic E-state index is 11.7. The van der Waals surface area contributed by atoms with E-state index in [1.165, 1.54) is 0 Å². The van der Waals surface area contributed by atoms with Gasteiger partial charge in [-0.1, -0.05) is 43.1 Å². The van der Waals surface area contributed by atoms with E-state index in [9.17, 15) is 4.79 Å². The number of amides is 1. The molecule has 0 aliphatic rings. The number of hydrogen-bond acceptors (Lipinski definition) is 2. The summed E-state index contributed by atoms with van der Waals surface area (Å²) in [6, 6.07) is 6.91. The highest BCUT2D eigenvalue weighted by Gasteiger charge is 2.16. The highest BCUT2D eigenvalue weighted by molar-refractivity contribution is 6.31. The largest absolute Gasteiger partial charge is 0.348 e. The van der Waals surface area contributed by atoms with Crippen molar-refractivity contribution in [2.75, 3.05) is 0 Å². The number of carbonyl (C=O) groups excluding carboxylic acids is 1. The summed E-state index contributed by atoms with van der Waals surface area (Å²) in [5, 5.41) is 3.53. The quantitative estimate of drug-likeness (QED) is 0.849. The van der Waals surface area contributed by atoms with Crippen LogP contribution in [0.2, 0.25) is 5.02 Å². The SMILES string of the molecule is CCCC(N)C(=O)N[C@@H](C)c1ccccc1Cl. The maximum Gasteiger partial charge on any atom is 0.237 e. The van der Waals surface area contributed by atoms with Gasteiger partial charge in [-0.05, 0) is 25.0 Å². The minimum absolute atomic E-state index is 0.126. The lowest BCUT2D eigenvalue weighted by Crippen LogP contribution is -2.41. The van der Waals surface area contributed by atoms with Crippen LogP contribution in [-0.2, 0) is 4.79 Å². The smallest absolute Gasteiger partial charge is 0.237 e. The lowest BCUT2D eigenvalue weighted by molar-refractivity contribution is -0.123. The summed E-state index contributed by atoms with van der Waals surface area (Å²) in [5.74, 6) is -0.126. The van der Waals surface area contributed by atoms with E-state index in [1.54, 1.807) is 0 Å². The molecule has 0 spiro atoms. The number of carbonyl (C=O) groups is 1. The van der Waals surface area contributed by atoms with Gasteiger partial charge in [0.25, 0.3) is 0 Å². The summed E-state index contributed by atoms with van der Waals surface area (Å²) >= 11 is 6.06. The van der Waals surface area contributed by atoms with Crippen molar-refractivity contribution in [2.45, 2.75) is 38.8 Å². The standard InChI is InChI=1S/C13H19ClN2O/c1-3-6-12(15)13(17)16-9(2)10-7-4-5-8-11(10)14/h4-5,7-9,12H,3,6,15H2,1-2H3,(H,16,17)/t9-,12?/m0/s1. The van der Waals surface area contributed by atoms with Gasteiger partial charge < -0.3 is 11.1 Å². The summed E-state index contributed by atoms with van der Waals surface area (Å²) in [6.07, 6.45) is 1.59. The molecule has 4 heteroatoms. The molecule has 0 aliphatic heterocycles. The number of nitrogens with one attached hydrogen (secondary N) is 1. The Bertz CT molecular complexity index is 381. The van der Waals surface area contributed by atoms with Crippen molar-refractivity contribution in [3.8, 4) is 0 Å². The van der Waals surface area contributed by atoms with Gasteiger partial charge in [0.05, 0.1) is 12.1 Å². The van der Waals surface area contributed by atoms with Crippen LogP contribution in [0.1, 0.15) is 38.3 Å². The Balaban J connectivity index is 2.63. The second-order valence-corrected chi connectivity index (χ2v) is 4.55. The molecule has 3 nitrogen and oxygen atoms in total. The molecule has 0 radical (unpaired) electrons. The number of rotatable bonds is 5. The van der Waals surface area contributed by atoms with E-state index in [0.29, 0.717) is 11.4 Å². The van der Waals surface area contributed by atoms with E-state index in [4.69, 9.17) is 17.3 Å². The molecule has 1 rings (SSSR count). The second kappa shape index (κ2) is 6.62. The molecule has 2 atom stereocenters. The Labute approximate surface area is 107 Å². The lowest BCUT2D eigenvalue weighted by atomic mass is 10.1. The normalized spacial score (nSPS) is 14.1. The molecular formula is C13H19ClN2O. The minimum Gasteiger partial charge on any atom is -0.348 e. The van der Waals surface area contributed by atoms with Gasteiger partial charge in [-0.15, -0.1) is 0 Å². The molecule has 1 unspecified atom stereocenters. The van der Waals surface area contributed by atoms with Crippen LogP contribution in [0.3, 0.4) is 0 Å². The van der Waals surface area contributed by atoms with E-state index in [1.807, 2.05) is 38.1 Å². The fraction of sp³-hybridized carbons (Fsp3) is 0.462. The van der Waals surface area contributed by atoms with Crippen LogP contribution in [0.15, 0.2) is 24.3 Å². The highest BCUT2D eigenvalue weighted by Crippen LogP contribution is 2.22. The van der Waals surface area contributed by atoms with E-state index < -0.39 is 6.04 Å². The van der Waals surface area contributed by atoms with Crippen LogP contribution in [0.4, 0.5) is 0 Å². The third kappa shape index (κ3) is 4.02. The molecule has 0 saturated carbocycles. The van der Waals surface area contributed by atoms with Gasteiger partial charge in [0.1, 0.15) is 0 Å². The molecule has 0 heterocycles. The van der Waals surface area contributed by atoms with Crippen molar-refractivity contribution in [3.05, 3.63) is 34.9 Å². The van der Waals surface area contributed by atoms with Crippen molar-refractivity contribution in [1.82, 2.24) is 5.32 Å². The number of hydrogen-bond donors (Lipinski definition) is 2. The average molecular weight is 255 g/mol. The first-order chi connectivity index (χ1) is 8.06. The van der Waals surface area contributed by atoms with Gasteiger partial charge in [0.2, 0.25) is 5.91 Å². The highest BCUT2D eigenvalue weighted by atomic mass is 35.5. The van der Waals surface area contributed by atoms with Crippen molar-refractivity contribution in [1.29, 1.82) is 0 Å². The summed E-state index contributed by atoms with van der Waals surface area (Å²) < 4.78 is 0. The Morgan fingerprint density at radius 3 is 2.71 bits per heavy atom. The first-order valence-corrected chi connectivity index (χ1v) is 6.24. The van der Waals surface area contributed by atoms with E-state index in [2.05, 4.69) is 5.32 Å². The molecule has 94 valence electrons. The molecule has 0 saturated heterocycles. The third-order valence-corrected chi connectivity index (χ3v) is 3.01. The van der Waals surface area contributed by atoms with Crippen LogP contribution < -0.4 is 11.1 Å². The fourth-order valence-electron chi connectivity index (χ4n) is 1.67. The predicted octanol–water partition coefficient (Wildman–Crippen LogP) is 2.64. The Morgan fingerprint density at radius 2 is 2.12 bits per heavy atom. The van der Waals surface area contributed by atoms with E-state index in [0.717, 1.165) is 12.0 Å². The van der Waals surface area contributed by atoms with Gasteiger partial charge >= 0.3 is 0 Å². The molecule has 0 aromatic heterocycles. The third-order valence-electron chi connectivity index (χ3n) is 2.67. The molecule has 1 amide bonds. The second-order valence-electron chi connectivity index (χ2n) is 4.15. The van der Waals surface area contributed by atoms with Crippen LogP contribution in [-0.4, -0.2) is 11.9 Å². The molecule has 0 fully saturated rings. The van der Waals surface area contributed by atoms with Crippen LogP contribution in [0.25, 0.3) is 0 Å². The number of benzene rings is 1. The van der Waals surface area contributed by atoms with Crippen LogP contribution in [0, 0.1) is 0 Å². The van der Waals surface area contributed by atoms with Gasteiger partial charge in [0.15, 0.2) is 0 Å². The monoisotopic (exact) mass is 254 g/mol. The Kier molecular flexibility index (Phi) is 5.45. The lowest BCUT2D eigenvalue weighted by Gasteiger charge is -2.18. The summed E-state index contributed by atoms with van der Waals surface area (Å²) in [6.45, 7) is 3.91. The van der Waals surface area contributed by atoms with Crippen molar-refractivity contribution >= 4 is 17.5 Å². The molecule has 0 aliphatic carbocycles. The van der Waals surface area contributed by atoms with E-state index in [-0.39, 0.29) is 11.9 Å². The van der Waals surface area contributed by atoms with Crippen molar-refractivity contribution in [2.24, 2.45) is 5.73 Å². The summed E-state index contributed by atoms with van der Waals surface area (Å²) in [4.78, 5) is 11.7. The first kappa shape index (κ1) is 14.0. The maximum atomic E-state index is 11.7. The topological polar surface area (TPSA) is 55.1 Å². The predicted molar refractivity (Wildman–Crippen MR) is 70.9 cm³/mol. The molecule has 1 aromatic carbocycles. The van der Waals surface area contributed by atoms with Crippen molar-refractivity contribution < 1.29 is 4.79 Å². The van der Waals surface area contributed by atoms with Crippen molar-refractivity contribution in [3.63, 3.8) is 0 Å². The number of halogens is 1. The van der Waals surface area contributed by atoms with Crippen LogP contribution >= 0.6 is 11.6 Å². The molecule has 17 heavy (non-hydrogen) atoms. The zero-order valence-corrected chi connectivity index (χ0v) is 11.0. The summed E-state index contributed by atoms with van der Waals surface area (Å²) in [5.41, 5.74) is 6.66. The fourth-order valence-corrected chi connectivity index (χ4v) is 1.97. The van der Waals surface area contributed by atoms with Crippen LogP contribution in [0.5, 0.6) is 0 Å². The minimum atomic E-state index is -0.440. The average Bonchev–Trinajstić information content (AvgIpc) is 2.29. The van der Waals surface area contributed by atoms with Gasteiger partial charge in [0, 0.05) is 5.02 Å². The molecule has 3 N–H and O–H groups in total. The van der Waals surface area contributed by atoms with Gasteiger partial charge in [-0.25, -0.2) is 0 Å².